The fourth-order valence-corrected chi connectivity index (χ4v) is 2.56. The minimum absolute atomic E-state index is 0.273. The molecule has 3 aromatic heterocycles. The Morgan fingerprint density at radius 3 is 2.75 bits per heavy atom. The first-order chi connectivity index (χ1) is 11.7. The highest BCUT2D eigenvalue weighted by atomic mass is 16.2. The summed E-state index contributed by atoms with van der Waals surface area (Å²) in [6, 6.07) is 12.8. The van der Waals surface area contributed by atoms with E-state index in [1.165, 1.54) is 6.20 Å². The fraction of sp³-hybridized carbons (Fsp3) is 0.118. The van der Waals surface area contributed by atoms with Crippen molar-refractivity contribution in [1.82, 2.24) is 29.9 Å². The summed E-state index contributed by atoms with van der Waals surface area (Å²) in [4.78, 5) is 21.1. The van der Waals surface area contributed by atoms with E-state index < -0.39 is 0 Å². The number of nitrogens with zero attached hydrogens (tertiary/aromatic N) is 5. The zero-order valence-electron chi connectivity index (χ0n) is 12.9. The van der Waals surface area contributed by atoms with Crippen molar-refractivity contribution in [2.75, 3.05) is 0 Å². The number of aromatic nitrogens is 5. The maximum Gasteiger partial charge on any atom is 0.272 e. The van der Waals surface area contributed by atoms with Gasteiger partial charge in [-0.3, -0.25) is 14.2 Å². The molecule has 24 heavy (non-hydrogen) atoms. The minimum Gasteiger partial charge on any atom is -0.341 e. The minimum atomic E-state index is -0.317. The molecule has 0 aliphatic rings. The van der Waals surface area contributed by atoms with Crippen LogP contribution in [0.3, 0.4) is 0 Å². The van der Waals surface area contributed by atoms with Gasteiger partial charge in [0.05, 0.1) is 23.3 Å². The van der Waals surface area contributed by atoms with E-state index in [-0.39, 0.29) is 17.6 Å². The third kappa shape index (κ3) is 2.45. The van der Waals surface area contributed by atoms with Crippen LogP contribution in [-0.4, -0.2) is 30.5 Å². The zero-order valence-corrected chi connectivity index (χ0v) is 12.9. The highest BCUT2D eigenvalue weighted by molar-refractivity contribution is 5.93. The number of fused-ring (bicyclic) bond motifs is 2. The average Bonchev–Trinajstić information content (AvgIpc) is 3.05. The summed E-state index contributed by atoms with van der Waals surface area (Å²) in [7, 11) is 0. The van der Waals surface area contributed by atoms with Gasteiger partial charge in [0, 0.05) is 6.20 Å². The van der Waals surface area contributed by atoms with E-state index in [2.05, 4.69) is 25.5 Å². The van der Waals surface area contributed by atoms with Gasteiger partial charge < -0.3 is 5.32 Å². The Balaban J connectivity index is 1.60. The largest absolute Gasteiger partial charge is 0.341 e. The van der Waals surface area contributed by atoms with Gasteiger partial charge in [-0.1, -0.05) is 18.2 Å². The maximum atomic E-state index is 12.5. The Labute approximate surface area is 137 Å². The Kier molecular flexibility index (Phi) is 3.38. The lowest BCUT2D eigenvalue weighted by molar-refractivity contribution is 0.0933. The Morgan fingerprint density at radius 2 is 1.88 bits per heavy atom. The number of carbonyl (C=O) groups excluding carboxylic acids is 1. The van der Waals surface area contributed by atoms with Gasteiger partial charge in [-0.25, -0.2) is 4.98 Å². The summed E-state index contributed by atoms with van der Waals surface area (Å²) in [5.41, 5.74) is 2.45. The van der Waals surface area contributed by atoms with Crippen LogP contribution in [-0.2, 0) is 0 Å². The Morgan fingerprint density at radius 1 is 1.08 bits per heavy atom. The fourth-order valence-electron chi connectivity index (χ4n) is 2.56. The summed E-state index contributed by atoms with van der Waals surface area (Å²) < 4.78 is 1.84. The quantitative estimate of drug-likeness (QED) is 0.625. The molecule has 1 amide bonds. The number of carbonyl (C=O) groups is 1. The smallest absolute Gasteiger partial charge is 0.272 e. The van der Waals surface area contributed by atoms with Crippen molar-refractivity contribution in [3.8, 4) is 0 Å². The zero-order chi connectivity index (χ0) is 16.5. The van der Waals surface area contributed by atoms with Crippen molar-refractivity contribution in [2.45, 2.75) is 13.0 Å². The monoisotopic (exact) mass is 318 g/mol. The molecule has 0 aliphatic carbocycles. The van der Waals surface area contributed by atoms with Crippen LogP contribution in [0.4, 0.5) is 0 Å². The molecule has 0 saturated heterocycles. The van der Waals surface area contributed by atoms with E-state index in [4.69, 9.17) is 0 Å². The predicted molar refractivity (Wildman–Crippen MR) is 88.4 cm³/mol. The molecule has 4 rings (SSSR count). The Bertz CT molecular complexity index is 1040. The second-order valence-corrected chi connectivity index (χ2v) is 5.43. The maximum absolute atomic E-state index is 12.5. The lowest BCUT2D eigenvalue weighted by Crippen LogP contribution is -2.28. The highest BCUT2D eigenvalue weighted by Gasteiger charge is 2.17. The predicted octanol–water partition coefficient (Wildman–Crippen LogP) is 2.16. The standard InChI is InChI=1S/C17H14N6O/c1-11(16-22-21-15-8-4-5-9-23(15)16)19-17(24)14-10-18-12-6-2-3-7-13(12)20-14/h2-11H,1H3,(H,19,24). The van der Waals surface area contributed by atoms with Crippen LogP contribution in [0.1, 0.15) is 29.3 Å². The molecule has 0 saturated carbocycles. The van der Waals surface area contributed by atoms with Crippen molar-refractivity contribution in [3.63, 3.8) is 0 Å². The Hall–Kier alpha value is -3.35. The van der Waals surface area contributed by atoms with Gasteiger partial charge in [-0.05, 0) is 31.2 Å². The van der Waals surface area contributed by atoms with E-state index in [1.54, 1.807) is 0 Å². The molecule has 0 fully saturated rings. The lowest BCUT2D eigenvalue weighted by Gasteiger charge is -2.12. The summed E-state index contributed by atoms with van der Waals surface area (Å²) in [6.45, 7) is 1.86. The van der Waals surface area contributed by atoms with E-state index in [1.807, 2.05) is 60.0 Å². The number of para-hydroxylation sites is 2. The van der Waals surface area contributed by atoms with Gasteiger partial charge >= 0.3 is 0 Å². The first kappa shape index (κ1) is 14.3. The number of hydrogen-bond acceptors (Lipinski definition) is 5. The van der Waals surface area contributed by atoms with Crippen molar-refractivity contribution in [1.29, 1.82) is 0 Å². The number of amides is 1. The second kappa shape index (κ2) is 5.69. The van der Waals surface area contributed by atoms with E-state index in [9.17, 15) is 4.79 Å². The molecule has 0 aliphatic heterocycles. The first-order valence-corrected chi connectivity index (χ1v) is 7.55. The highest BCUT2D eigenvalue weighted by Crippen LogP contribution is 2.13. The van der Waals surface area contributed by atoms with Gasteiger partial charge in [0.1, 0.15) is 5.69 Å². The van der Waals surface area contributed by atoms with Crippen molar-refractivity contribution >= 4 is 22.6 Å². The molecule has 1 atom stereocenters. The molecule has 1 aromatic carbocycles. The van der Waals surface area contributed by atoms with Crippen LogP contribution in [0.5, 0.6) is 0 Å². The van der Waals surface area contributed by atoms with Crippen LogP contribution in [0, 0.1) is 0 Å². The number of hydrogen-bond donors (Lipinski definition) is 1. The third-order valence-electron chi connectivity index (χ3n) is 3.76. The first-order valence-electron chi connectivity index (χ1n) is 7.55. The van der Waals surface area contributed by atoms with Gasteiger partial charge in [-0.2, -0.15) is 0 Å². The van der Waals surface area contributed by atoms with E-state index in [0.29, 0.717) is 11.3 Å². The summed E-state index contributed by atoms with van der Waals surface area (Å²) >= 11 is 0. The molecule has 0 spiro atoms. The van der Waals surface area contributed by atoms with Crippen LogP contribution >= 0.6 is 0 Å². The summed E-state index contributed by atoms with van der Waals surface area (Å²) in [6.07, 6.45) is 3.34. The average molecular weight is 318 g/mol. The topological polar surface area (TPSA) is 85.1 Å². The number of nitrogens with one attached hydrogen (secondary N) is 1. The normalized spacial score (nSPS) is 12.4. The SMILES string of the molecule is CC(NC(=O)c1cnc2ccccc2n1)c1nnc2ccccn12. The van der Waals surface area contributed by atoms with Gasteiger partial charge in [0.2, 0.25) is 0 Å². The number of rotatable bonds is 3. The van der Waals surface area contributed by atoms with E-state index in [0.717, 1.165) is 11.2 Å². The third-order valence-corrected chi connectivity index (χ3v) is 3.76. The van der Waals surface area contributed by atoms with E-state index >= 15 is 0 Å². The summed E-state index contributed by atoms with van der Waals surface area (Å²) in [5.74, 6) is 0.362. The van der Waals surface area contributed by atoms with Crippen LogP contribution in [0.25, 0.3) is 16.7 Å². The van der Waals surface area contributed by atoms with Gasteiger partial charge in [-0.15, -0.1) is 10.2 Å². The van der Waals surface area contributed by atoms with Crippen LogP contribution in [0.2, 0.25) is 0 Å². The van der Waals surface area contributed by atoms with Crippen LogP contribution < -0.4 is 5.32 Å². The van der Waals surface area contributed by atoms with Gasteiger partial charge in [0.25, 0.3) is 5.91 Å². The molecule has 118 valence electrons. The van der Waals surface area contributed by atoms with Crippen molar-refractivity contribution < 1.29 is 4.79 Å². The molecule has 7 heteroatoms. The van der Waals surface area contributed by atoms with Gasteiger partial charge in [0.15, 0.2) is 11.5 Å². The van der Waals surface area contributed by atoms with Crippen molar-refractivity contribution in [3.05, 3.63) is 66.4 Å². The molecule has 3 heterocycles. The molecule has 0 bridgehead atoms. The molecule has 1 N–H and O–H groups in total. The molecular weight excluding hydrogens is 304 g/mol. The van der Waals surface area contributed by atoms with Crippen LogP contribution in [0.15, 0.2) is 54.9 Å². The lowest BCUT2D eigenvalue weighted by atomic mass is 10.2. The molecule has 1 unspecified atom stereocenters. The molecule has 4 aromatic rings. The molecule has 7 nitrogen and oxygen atoms in total. The second-order valence-electron chi connectivity index (χ2n) is 5.43. The summed E-state index contributed by atoms with van der Waals surface area (Å²) in [5, 5.41) is 11.1. The molecule has 0 radical (unpaired) electrons. The molecular formula is C17H14N6O. The number of pyridine rings is 1. The van der Waals surface area contributed by atoms with Crippen molar-refractivity contribution in [2.24, 2.45) is 0 Å². The number of benzene rings is 1.